The summed E-state index contributed by atoms with van der Waals surface area (Å²) >= 11 is 0. The lowest BCUT2D eigenvalue weighted by Gasteiger charge is -2.20. The molecular formula is C16H20N2O2. The summed E-state index contributed by atoms with van der Waals surface area (Å²) in [6.07, 6.45) is 3.42. The number of hydrogen-bond donors (Lipinski definition) is 1. The van der Waals surface area contributed by atoms with Gasteiger partial charge in [0.05, 0.1) is 18.9 Å². The Balaban J connectivity index is 2.36. The van der Waals surface area contributed by atoms with Crippen molar-refractivity contribution in [1.82, 2.24) is 10.3 Å². The Bertz CT molecular complexity index is 543. The molecule has 1 aromatic heterocycles. The van der Waals surface area contributed by atoms with Gasteiger partial charge in [0.25, 0.3) is 0 Å². The Morgan fingerprint density at radius 1 is 1.20 bits per heavy atom. The van der Waals surface area contributed by atoms with E-state index < -0.39 is 0 Å². The molecule has 1 heterocycles. The molecule has 4 heteroatoms. The largest absolute Gasteiger partial charge is 0.496 e. The molecule has 1 N–H and O–H groups in total. The van der Waals surface area contributed by atoms with Crippen molar-refractivity contribution in [2.45, 2.75) is 19.9 Å². The zero-order chi connectivity index (χ0) is 14.4. The van der Waals surface area contributed by atoms with Crippen LogP contribution >= 0.6 is 0 Å². The summed E-state index contributed by atoms with van der Waals surface area (Å²) in [4.78, 5) is 4.06. The van der Waals surface area contributed by atoms with Gasteiger partial charge in [-0.25, -0.2) is 0 Å². The van der Waals surface area contributed by atoms with Crippen LogP contribution in [0.5, 0.6) is 17.2 Å². The number of aromatic nitrogens is 1. The van der Waals surface area contributed by atoms with Crippen LogP contribution in [0.15, 0.2) is 42.7 Å². The predicted molar refractivity (Wildman–Crippen MR) is 79.4 cm³/mol. The third-order valence-corrected chi connectivity index (χ3v) is 3.05. The highest BCUT2D eigenvalue weighted by Crippen LogP contribution is 2.36. The van der Waals surface area contributed by atoms with Gasteiger partial charge >= 0.3 is 0 Å². The zero-order valence-corrected chi connectivity index (χ0v) is 12.1. The van der Waals surface area contributed by atoms with Crippen molar-refractivity contribution in [3.8, 4) is 17.2 Å². The fourth-order valence-corrected chi connectivity index (χ4v) is 2.16. The average molecular weight is 272 g/mol. The minimum Gasteiger partial charge on any atom is -0.496 e. The second-order valence-electron chi connectivity index (χ2n) is 4.44. The maximum atomic E-state index is 5.94. The molecule has 0 saturated heterocycles. The van der Waals surface area contributed by atoms with Gasteiger partial charge < -0.3 is 14.8 Å². The molecule has 0 bridgehead atoms. The molecule has 4 nitrogen and oxygen atoms in total. The number of benzene rings is 1. The molecule has 1 aromatic carbocycles. The van der Waals surface area contributed by atoms with Crippen LogP contribution in [0.2, 0.25) is 0 Å². The van der Waals surface area contributed by atoms with E-state index in [0.29, 0.717) is 5.75 Å². The van der Waals surface area contributed by atoms with Gasteiger partial charge in [-0.15, -0.1) is 0 Å². The summed E-state index contributed by atoms with van der Waals surface area (Å²) in [5.41, 5.74) is 1.01. The molecular weight excluding hydrogens is 252 g/mol. The maximum Gasteiger partial charge on any atom is 0.145 e. The average Bonchev–Trinajstić information content (AvgIpc) is 2.48. The minimum absolute atomic E-state index is 0.142. The first-order valence-electron chi connectivity index (χ1n) is 6.74. The van der Waals surface area contributed by atoms with Crippen molar-refractivity contribution in [1.29, 1.82) is 0 Å². The van der Waals surface area contributed by atoms with Crippen molar-refractivity contribution < 1.29 is 9.47 Å². The Morgan fingerprint density at radius 2 is 2.00 bits per heavy atom. The standard InChI is InChI=1S/C16H20N2O2/c1-4-18-12(2)16-14(19-3)8-5-9-15(16)20-13-7-6-10-17-11-13/h5-12,18H,4H2,1-3H3. The molecule has 0 saturated carbocycles. The third kappa shape index (κ3) is 3.27. The normalized spacial score (nSPS) is 11.9. The summed E-state index contributed by atoms with van der Waals surface area (Å²) in [5, 5.41) is 3.39. The van der Waals surface area contributed by atoms with Gasteiger partial charge in [-0.05, 0) is 37.7 Å². The van der Waals surface area contributed by atoms with Crippen molar-refractivity contribution in [3.63, 3.8) is 0 Å². The van der Waals surface area contributed by atoms with Crippen LogP contribution in [0.1, 0.15) is 25.5 Å². The van der Waals surface area contributed by atoms with Crippen molar-refractivity contribution in [2.24, 2.45) is 0 Å². The predicted octanol–water partition coefficient (Wildman–Crippen LogP) is 3.55. The summed E-state index contributed by atoms with van der Waals surface area (Å²) in [6, 6.07) is 9.68. The number of pyridine rings is 1. The van der Waals surface area contributed by atoms with E-state index >= 15 is 0 Å². The summed E-state index contributed by atoms with van der Waals surface area (Å²) < 4.78 is 11.4. The molecule has 1 atom stereocenters. The first-order chi connectivity index (χ1) is 9.76. The molecule has 0 aliphatic heterocycles. The number of rotatable bonds is 6. The van der Waals surface area contributed by atoms with Gasteiger partial charge in [0.2, 0.25) is 0 Å². The topological polar surface area (TPSA) is 43.4 Å². The molecule has 0 aliphatic carbocycles. The van der Waals surface area contributed by atoms with Crippen LogP contribution in [-0.4, -0.2) is 18.6 Å². The Labute approximate surface area is 119 Å². The van der Waals surface area contributed by atoms with Crippen LogP contribution in [0.3, 0.4) is 0 Å². The lowest BCUT2D eigenvalue weighted by molar-refractivity contribution is 0.391. The van der Waals surface area contributed by atoms with E-state index in [4.69, 9.17) is 9.47 Å². The van der Waals surface area contributed by atoms with E-state index in [9.17, 15) is 0 Å². The van der Waals surface area contributed by atoms with Crippen LogP contribution in [0.4, 0.5) is 0 Å². The molecule has 2 aromatic rings. The van der Waals surface area contributed by atoms with Crippen LogP contribution in [0.25, 0.3) is 0 Å². The van der Waals surface area contributed by atoms with Crippen molar-refractivity contribution >= 4 is 0 Å². The lowest BCUT2D eigenvalue weighted by Crippen LogP contribution is -2.19. The number of ether oxygens (including phenoxy) is 2. The van der Waals surface area contributed by atoms with Gasteiger partial charge in [0.15, 0.2) is 0 Å². The molecule has 1 unspecified atom stereocenters. The number of nitrogens with zero attached hydrogens (tertiary/aromatic N) is 1. The second-order valence-corrected chi connectivity index (χ2v) is 4.44. The van der Waals surface area contributed by atoms with E-state index in [2.05, 4.69) is 24.1 Å². The highest BCUT2D eigenvalue weighted by Gasteiger charge is 2.17. The molecule has 0 radical (unpaired) electrons. The SMILES string of the molecule is CCNC(C)c1c(OC)cccc1Oc1cccnc1. The fourth-order valence-electron chi connectivity index (χ4n) is 2.16. The molecule has 20 heavy (non-hydrogen) atoms. The summed E-state index contributed by atoms with van der Waals surface area (Å²) in [6.45, 7) is 5.05. The van der Waals surface area contributed by atoms with Gasteiger partial charge in [-0.2, -0.15) is 0 Å². The molecule has 0 spiro atoms. The first-order valence-corrected chi connectivity index (χ1v) is 6.74. The quantitative estimate of drug-likeness (QED) is 0.873. The van der Waals surface area contributed by atoms with E-state index in [0.717, 1.165) is 23.6 Å². The minimum atomic E-state index is 0.142. The third-order valence-electron chi connectivity index (χ3n) is 3.05. The first kappa shape index (κ1) is 14.3. The Kier molecular flexibility index (Phi) is 4.96. The van der Waals surface area contributed by atoms with E-state index in [-0.39, 0.29) is 6.04 Å². The number of nitrogens with one attached hydrogen (secondary N) is 1. The van der Waals surface area contributed by atoms with Gasteiger partial charge in [0.1, 0.15) is 17.2 Å². The van der Waals surface area contributed by atoms with Crippen LogP contribution in [-0.2, 0) is 0 Å². The monoisotopic (exact) mass is 272 g/mol. The second kappa shape index (κ2) is 6.91. The Morgan fingerprint density at radius 3 is 2.65 bits per heavy atom. The van der Waals surface area contributed by atoms with Gasteiger partial charge in [-0.1, -0.05) is 13.0 Å². The van der Waals surface area contributed by atoms with Crippen molar-refractivity contribution in [3.05, 3.63) is 48.3 Å². The zero-order valence-electron chi connectivity index (χ0n) is 12.1. The van der Waals surface area contributed by atoms with Gasteiger partial charge in [-0.3, -0.25) is 4.98 Å². The lowest BCUT2D eigenvalue weighted by atomic mass is 10.1. The molecule has 0 fully saturated rings. The molecule has 0 aliphatic rings. The highest BCUT2D eigenvalue weighted by atomic mass is 16.5. The maximum absolute atomic E-state index is 5.94. The van der Waals surface area contributed by atoms with Gasteiger partial charge in [0, 0.05) is 12.2 Å². The highest BCUT2D eigenvalue weighted by molar-refractivity contribution is 5.48. The smallest absolute Gasteiger partial charge is 0.145 e. The van der Waals surface area contributed by atoms with Crippen LogP contribution in [0, 0.1) is 0 Å². The Hall–Kier alpha value is -2.07. The molecule has 2 rings (SSSR count). The van der Waals surface area contributed by atoms with E-state index in [1.807, 2.05) is 30.3 Å². The fraction of sp³-hybridized carbons (Fsp3) is 0.312. The van der Waals surface area contributed by atoms with E-state index in [1.165, 1.54) is 0 Å². The molecule has 0 amide bonds. The van der Waals surface area contributed by atoms with E-state index in [1.54, 1.807) is 19.5 Å². The number of hydrogen-bond acceptors (Lipinski definition) is 4. The summed E-state index contributed by atoms with van der Waals surface area (Å²) in [5.74, 6) is 2.32. The van der Waals surface area contributed by atoms with Crippen LogP contribution < -0.4 is 14.8 Å². The summed E-state index contributed by atoms with van der Waals surface area (Å²) in [7, 11) is 1.67. The molecule has 106 valence electrons. The van der Waals surface area contributed by atoms with Crippen molar-refractivity contribution in [2.75, 3.05) is 13.7 Å². The number of methoxy groups -OCH3 is 1.